The first kappa shape index (κ1) is 20.6. The molecule has 2 N–H and O–H groups in total. The predicted molar refractivity (Wildman–Crippen MR) is 114 cm³/mol. The SMILES string of the molecule is Cc1cc(CN(c2cccnc2)C(C)C(N)=O)n(C)c1C(=O)c1ccc(Cl)cc1. The highest BCUT2D eigenvalue weighted by molar-refractivity contribution is 6.30. The molecule has 0 fully saturated rings. The van der Waals surface area contributed by atoms with Crippen molar-refractivity contribution in [1.82, 2.24) is 9.55 Å². The van der Waals surface area contributed by atoms with Gasteiger partial charge in [-0.2, -0.15) is 0 Å². The minimum absolute atomic E-state index is 0.0798. The van der Waals surface area contributed by atoms with Crippen LogP contribution in [-0.4, -0.2) is 27.3 Å². The lowest BCUT2D eigenvalue weighted by atomic mass is 10.1. The van der Waals surface area contributed by atoms with Gasteiger partial charge in [-0.1, -0.05) is 11.6 Å². The standard InChI is InChI=1S/C22H23ClN4O2/c1-14-11-19(13-27(15(2)22(24)29)18-5-4-10-25-12-18)26(3)20(14)21(28)16-6-8-17(23)9-7-16/h4-12,15H,13H2,1-3H3,(H2,24,29). The zero-order valence-corrected chi connectivity index (χ0v) is 17.3. The van der Waals surface area contributed by atoms with Gasteiger partial charge >= 0.3 is 0 Å². The van der Waals surface area contributed by atoms with E-state index in [9.17, 15) is 9.59 Å². The Balaban J connectivity index is 1.96. The summed E-state index contributed by atoms with van der Waals surface area (Å²) in [6.45, 7) is 4.06. The monoisotopic (exact) mass is 410 g/mol. The average Bonchev–Trinajstić information content (AvgIpc) is 2.99. The van der Waals surface area contributed by atoms with E-state index in [1.165, 1.54) is 0 Å². The molecule has 0 spiro atoms. The molecule has 1 amide bonds. The van der Waals surface area contributed by atoms with Gasteiger partial charge in [-0.3, -0.25) is 14.6 Å². The van der Waals surface area contributed by atoms with E-state index in [0.717, 1.165) is 16.9 Å². The minimum atomic E-state index is -0.537. The van der Waals surface area contributed by atoms with E-state index in [2.05, 4.69) is 4.98 Å². The molecule has 6 nitrogen and oxygen atoms in total. The Labute approximate surface area is 174 Å². The van der Waals surface area contributed by atoms with Crippen LogP contribution in [0.4, 0.5) is 5.69 Å². The summed E-state index contributed by atoms with van der Waals surface area (Å²) in [7, 11) is 1.85. The second-order valence-electron chi connectivity index (χ2n) is 6.98. The number of pyridine rings is 1. The summed E-state index contributed by atoms with van der Waals surface area (Å²) >= 11 is 5.93. The number of ketones is 1. The number of hydrogen-bond acceptors (Lipinski definition) is 4. The van der Waals surface area contributed by atoms with Gasteiger partial charge in [0.2, 0.25) is 11.7 Å². The minimum Gasteiger partial charge on any atom is -0.368 e. The highest BCUT2D eigenvalue weighted by Crippen LogP contribution is 2.24. The number of carbonyl (C=O) groups is 2. The Kier molecular flexibility index (Phi) is 6.03. The highest BCUT2D eigenvalue weighted by Gasteiger charge is 2.24. The van der Waals surface area contributed by atoms with E-state index in [4.69, 9.17) is 17.3 Å². The fraction of sp³-hybridized carbons (Fsp3) is 0.227. The fourth-order valence-corrected chi connectivity index (χ4v) is 3.47. The molecule has 7 heteroatoms. The number of halogens is 1. The van der Waals surface area contributed by atoms with Gasteiger partial charge in [0, 0.05) is 29.5 Å². The van der Waals surface area contributed by atoms with Crippen LogP contribution in [-0.2, 0) is 18.4 Å². The van der Waals surface area contributed by atoms with Gasteiger partial charge in [0.15, 0.2) is 0 Å². The van der Waals surface area contributed by atoms with Crippen LogP contribution in [0.3, 0.4) is 0 Å². The number of aryl methyl sites for hydroxylation is 1. The maximum Gasteiger partial charge on any atom is 0.239 e. The second kappa shape index (κ2) is 8.49. The molecule has 1 aromatic carbocycles. The Bertz CT molecular complexity index is 1030. The lowest BCUT2D eigenvalue weighted by molar-refractivity contribution is -0.119. The van der Waals surface area contributed by atoms with Crippen molar-refractivity contribution in [1.29, 1.82) is 0 Å². The third-order valence-corrected chi connectivity index (χ3v) is 5.29. The van der Waals surface area contributed by atoms with Crippen molar-refractivity contribution in [2.45, 2.75) is 26.4 Å². The van der Waals surface area contributed by atoms with Crippen molar-refractivity contribution in [3.05, 3.63) is 82.4 Å². The molecule has 0 aliphatic rings. The number of rotatable bonds is 7. The van der Waals surface area contributed by atoms with Crippen LogP contribution in [0.2, 0.25) is 5.02 Å². The smallest absolute Gasteiger partial charge is 0.239 e. The summed E-state index contributed by atoms with van der Waals surface area (Å²) in [5.74, 6) is -0.513. The summed E-state index contributed by atoms with van der Waals surface area (Å²) in [6, 6.07) is 11.9. The van der Waals surface area contributed by atoms with Crippen LogP contribution in [0.1, 0.15) is 34.2 Å². The number of nitrogens with zero attached hydrogens (tertiary/aromatic N) is 3. The summed E-state index contributed by atoms with van der Waals surface area (Å²) in [6.07, 6.45) is 3.36. The van der Waals surface area contributed by atoms with Crippen LogP contribution < -0.4 is 10.6 Å². The van der Waals surface area contributed by atoms with Gasteiger partial charge < -0.3 is 15.2 Å². The third kappa shape index (κ3) is 4.32. The molecule has 3 aromatic rings. The number of carbonyl (C=O) groups excluding carboxylic acids is 2. The van der Waals surface area contributed by atoms with E-state index in [0.29, 0.717) is 22.8 Å². The van der Waals surface area contributed by atoms with E-state index in [1.807, 2.05) is 41.6 Å². The lowest BCUT2D eigenvalue weighted by Gasteiger charge is -2.29. The molecule has 1 atom stereocenters. The van der Waals surface area contributed by atoms with Crippen LogP contribution in [0.15, 0.2) is 54.9 Å². The van der Waals surface area contributed by atoms with E-state index in [-0.39, 0.29) is 5.78 Å². The summed E-state index contributed by atoms with van der Waals surface area (Å²) in [5.41, 5.74) is 9.26. The van der Waals surface area contributed by atoms with Crippen LogP contribution in [0.25, 0.3) is 0 Å². The number of nitrogens with two attached hydrogens (primary N) is 1. The van der Waals surface area contributed by atoms with Crippen molar-refractivity contribution in [3.8, 4) is 0 Å². The zero-order valence-electron chi connectivity index (χ0n) is 16.6. The van der Waals surface area contributed by atoms with Gasteiger partial charge in [-0.05, 0) is 61.9 Å². The maximum atomic E-state index is 13.0. The molecule has 0 saturated heterocycles. The Morgan fingerprint density at radius 2 is 1.93 bits per heavy atom. The maximum absolute atomic E-state index is 13.0. The molecule has 3 rings (SSSR count). The largest absolute Gasteiger partial charge is 0.368 e. The number of amides is 1. The second-order valence-corrected chi connectivity index (χ2v) is 7.42. The van der Waals surface area contributed by atoms with Crippen LogP contribution in [0.5, 0.6) is 0 Å². The van der Waals surface area contributed by atoms with E-state index in [1.54, 1.807) is 43.6 Å². The van der Waals surface area contributed by atoms with Crippen LogP contribution in [0, 0.1) is 6.92 Å². The Morgan fingerprint density at radius 1 is 1.24 bits per heavy atom. The van der Waals surface area contributed by atoms with Crippen molar-refractivity contribution in [3.63, 3.8) is 0 Å². The number of primary amides is 1. The highest BCUT2D eigenvalue weighted by atomic mass is 35.5. The summed E-state index contributed by atoms with van der Waals surface area (Å²) in [4.78, 5) is 30.9. The fourth-order valence-electron chi connectivity index (χ4n) is 3.35. The van der Waals surface area contributed by atoms with Gasteiger partial charge in [0.25, 0.3) is 0 Å². The number of anilines is 1. The third-order valence-electron chi connectivity index (χ3n) is 5.03. The summed E-state index contributed by atoms with van der Waals surface area (Å²) < 4.78 is 1.86. The lowest BCUT2D eigenvalue weighted by Crippen LogP contribution is -2.42. The zero-order chi connectivity index (χ0) is 21.1. The number of aromatic nitrogens is 2. The quantitative estimate of drug-likeness (QED) is 0.604. The van der Waals surface area contributed by atoms with Crippen molar-refractivity contribution in [2.75, 3.05) is 4.90 Å². The van der Waals surface area contributed by atoms with Crippen LogP contribution >= 0.6 is 11.6 Å². The molecule has 2 heterocycles. The first-order valence-corrected chi connectivity index (χ1v) is 9.59. The molecule has 0 aliphatic carbocycles. The molecule has 0 radical (unpaired) electrons. The van der Waals surface area contributed by atoms with E-state index >= 15 is 0 Å². The average molecular weight is 411 g/mol. The van der Waals surface area contributed by atoms with Crippen molar-refractivity contribution in [2.24, 2.45) is 12.8 Å². The normalized spacial score (nSPS) is 11.9. The molecule has 29 heavy (non-hydrogen) atoms. The van der Waals surface area contributed by atoms with Gasteiger partial charge in [-0.15, -0.1) is 0 Å². The van der Waals surface area contributed by atoms with Gasteiger partial charge in [0.05, 0.1) is 24.1 Å². The molecule has 1 unspecified atom stereocenters. The Morgan fingerprint density at radius 3 is 2.52 bits per heavy atom. The number of hydrogen-bond donors (Lipinski definition) is 1. The van der Waals surface area contributed by atoms with Gasteiger partial charge in [-0.25, -0.2) is 0 Å². The molecule has 0 bridgehead atoms. The molecule has 150 valence electrons. The van der Waals surface area contributed by atoms with Gasteiger partial charge in [0.1, 0.15) is 6.04 Å². The predicted octanol–water partition coefficient (Wildman–Crippen LogP) is 3.49. The summed E-state index contributed by atoms with van der Waals surface area (Å²) in [5, 5.41) is 0.582. The number of benzene rings is 1. The van der Waals surface area contributed by atoms with Crippen molar-refractivity contribution < 1.29 is 9.59 Å². The topological polar surface area (TPSA) is 81.2 Å². The van der Waals surface area contributed by atoms with E-state index < -0.39 is 11.9 Å². The first-order chi connectivity index (χ1) is 13.8. The first-order valence-electron chi connectivity index (χ1n) is 9.21. The molecule has 0 saturated carbocycles. The molecule has 2 aromatic heterocycles. The van der Waals surface area contributed by atoms with Crippen molar-refractivity contribution >= 4 is 29.0 Å². The molecular weight excluding hydrogens is 388 g/mol. The molecule has 0 aliphatic heterocycles. The Hall–Kier alpha value is -3.12. The molecular formula is C22H23ClN4O2.